The average Bonchev–Trinajstić information content (AvgIpc) is 3.03. The molecule has 4 heteroatoms. The van der Waals surface area contributed by atoms with Gasteiger partial charge in [-0.25, -0.2) is 9.97 Å². The van der Waals surface area contributed by atoms with E-state index in [0.29, 0.717) is 6.04 Å². The number of nitrogens with zero attached hydrogens (tertiary/aromatic N) is 3. The van der Waals surface area contributed by atoms with Crippen molar-refractivity contribution in [3.8, 4) is 0 Å². The Labute approximate surface area is 146 Å². The number of unbranched alkanes of at least 4 members (excludes halogenated alkanes) is 6. The highest BCUT2D eigenvalue weighted by molar-refractivity contribution is 5.87. The first-order valence-corrected chi connectivity index (χ1v) is 9.80. The molecule has 1 aliphatic rings. The highest BCUT2D eigenvalue weighted by Crippen LogP contribution is 2.37. The second kappa shape index (κ2) is 8.50. The monoisotopic (exact) mass is 328 g/mol. The zero-order chi connectivity index (χ0) is 16.8. The molecule has 2 aromatic heterocycles. The van der Waals surface area contributed by atoms with Gasteiger partial charge in [0.05, 0.1) is 5.39 Å². The summed E-state index contributed by atoms with van der Waals surface area (Å²) in [6.45, 7) is 2.28. The molecule has 1 aliphatic carbocycles. The molecule has 0 spiro atoms. The molecule has 1 N–H and O–H groups in total. The van der Waals surface area contributed by atoms with Crippen molar-refractivity contribution in [2.75, 3.05) is 11.9 Å². The normalized spacial score (nSPS) is 20.2. The van der Waals surface area contributed by atoms with Crippen molar-refractivity contribution >= 4 is 16.9 Å². The molecule has 0 aromatic carbocycles. The van der Waals surface area contributed by atoms with Crippen molar-refractivity contribution in [3.05, 3.63) is 18.6 Å². The lowest BCUT2D eigenvalue weighted by Crippen LogP contribution is -2.43. The van der Waals surface area contributed by atoms with Crippen LogP contribution in [-0.2, 0) is 0 Å². The Bertz CT molecular complexity index is 615. The summed E-state index contributed by atoms with van der Waals surface area (Å²) in [5.74, 6) is 2.00. The lowest BCUT2D eigenvalue weighted by Gasteiger charge is -2.42. The fraction of sp³-hybridized carbons (Fsp3) is 0.700. The van der Waals surface area contributed by atoms with Gasteiger partial charge in [-0.1, -0.05) is 58.3 Å². The maximum atomic E-state index is 4.51. The van der Waals surface area contributed by atoms with Gasteiger partial charge >= 0.3 is 0 Å². The molecule has 4 nitrogen and oxygen atoms in total. The molecular formula is C20H32N4. The van der Waals surface area contributed by atoms with E-state index in [1.54, 1.807) is 6.33 Å². The molecule has 24 heavy (non-hydrogen) atoms. The van der Waals surface area contributed by atoms with Gasteiger partial charge in [-0.15, -0.1) is 0 Å². The summed E-state index contributed by atoms with van der Waals surface area (Å²) in [6.07, 6.45) is 17.6. The first kappa shape index (κ1) is 17.2. The number of nitrogens with one attached hydrogen (secondary N) is 1. The van der Waals surface area contributed by atoms with Crippen LogP contribution >= 0.6 is 0 Å². The van der Waals surface area contributed by atoms with E-state index >= 15 is 0 Å². The summed E-state index contributed by atoms with van der Waals surface area (Å²) in [6, 6.07) is 2.73. The highest BCUT2D eigenvalue weighted by Gasteiger charge is 2.32. The van der Waals surface area contributed by atoms with E-state index in [9.17, 15) is 0 Å². The number of hydrogen-bond acceptors (Lipinski definition) is 3. The SMILES string of the molecule is CCCCCCCCCC1CC(N(C)c2ncnc3[nH]ccc23)C1. The van der Waals surface area contributed by atoms with Crippen molar-refractivity contribution in [1.29, 1.82) is 0 Å². The lowest BCUT2D eigenvalue weighted by atomic mass is 9.76. The number of fused-ring (bicyclic) bond motifs is 1. The molecule has 0 unspecified atom stereocenters. The van der Waals surface area contributed by atoms with E-state index in [2.05, 4.69) is 39.9 Å². The first-order valence-electron chi connectivity index (χ1n) is 9.80. The molecule has 0 aliphatic heterocycles. The summed E-state index contributed by atoms with van der Waals surface area (Å²) < 4.78 is 0. The molecule has 0 radical (unpaired) electrons. The van der Waals surface area contributed by atoms with Crippen LogP contribution in [0.25, 0.3) is 11.0 Å². The van der Waals surface area contributed by atoms with Gasteiger partial charge < -0.3 is 9.88 Å². The van der Waals surface area contributed by atoms with Crippen molar-refractivity contribution in [3.63, 3.8) is 0 Å². The van der Waals surface area contributed by atoms with Crippen LogP contribution < -0.4 is 4.90 Å². The Hall–Kier alpha value is -1.58. The molecule has 0 bridgehead atoms. The molecule has 1 fully saturated rings. The van der Waals surface area contributed by atoms with Crippen molar-refractivity contribution < 1.29 is 0 Å². The van der Waals surface area contributed by atoms with Gasteiger partial charge in [0.15, 0.2) is 0 Å². The van der Waals surface area contributed by atoms with Crippen molar-refractivity contribution in [2.24, 2.45) is 5.92 Å². The summed E-state index contributed by atoms with van der Waals surface area (Å²) in [5.41, 5.74) is 0.936. The largest absolute Gasteiger partial charge is 0.356 e. The van der Waals surface area contributed by atoms with Crippen molar-refractivity contribution in [2.45, 2.75) is 77.2 Å². The molecular weight excluding hydrogens is 296 g/mol. The van der Waals surface area contributed by atoms with E-state index in [1.165, 1.54) is 64.2 Å². The van der Waals surface area contributed by atoms with E-state index in [-0.39, 0.29) is 0 Å². The van der Waals surface area contributed by atoms with Crippen LogP contribution in [0.5, 0.6) is 0 Å². The van der Waals surface area contributed by atoms with Crippen LogP contribution in [0, 0.1) is 5.92 Å². The maximum Gasteiger partial charge on any atom is 0.142 e. The summed E-state index contributed by atoms with van der Waals surface area (Å²) in [5, 5.41) is 1.13. The van der Waals surface area contributed by atoms with Crippen LogP contribution in [-0.4, -0.2) is 28.0 Å². The Morgan fingerprint density at radius 2 is 1.83 bits per heavy atom. The Kier molecular flexibility index (Phi) is 6.11. The smallest absolute Gasteiger partial charge is 0.142 e. The van der Waals surface area contributed by atoms with Crippen LogP contribution in [0.1, 0.15) is 71.1 Å². The average molecular weight is 329 g/mol. The quantitative estimate of drug-likeness (QED) is 0.601. The maximum absolute atomic E-state index is 4.51. The van der Waals surface area contributed by atoms with Crippen LogP contribution in [0.15, 0.2) is 18.6 Å². The van der Waals surface area contributed by atoms with Crippen LogP contribution in [0.4, 0.5) is 5.82 Å². The molecule has 3 rings (SSSR count). The number of rotatable bonds is 10. The van der Waals surface area contributed by atoms with Gasteiger partial charge in [-0.3, -0.25) is 0 Å². The Morgan fingerprint density at radius 1 is 1.08 bits per heavy atom. The van der Waals surface area contributed by atoms with Crippen molar-refractivity contribution in [1.82, 2.24) is 15.0 Å². The second-order valence-corrected chi connectivity index (χ2v) is 7.45. The number of anilines is 1. The van der Waals surface area contributed by atoms with E-state index in [0.717, 1.165) is 22.8 Å². The topological polar surface area (TPSA) is 44.8 Å². The number of aromatic amines is 1. The second-order valence-electron chi connectivity index (χ2n) is 7.45. The zero-order valence-corrected chi connectivity index (χ0v) is 15.3. The van der Waals surface area contributed by atoms with Crippen LogP contribution in [0.2, 0.25) is 0 Å². The number of H-pyrrole nitrogens is 1. The third-order valence-electron chi connectivity index (χ3n) is 5.64. The minimum absolute atomic E-state index is 0.646. The molecule has 0 atom stereocenters. The van der Waals surface area contributed by atoms with Gasteiger partial charge in [0.1, 0.15) is 17.8 Å². The molecule has 132 valence electrons. The van der Waals surface area contributed by atoms with Gasteiger partial charge in [-0.05, 0) is 24.8 Å². The zero-order valence-electron chi connectivity index (χ0n) is 15.3. The van der Waals surface area contributed by atoms with Gasteiger partial charge in [-0.2, -0.15) is 0 Å². The fourth-order valence-electron chi connectivity index (χ4n) is 3.96. The molecule has 2 heterocycles. The molecule has 0 amide bonds. The standard InChI is InChI=1S/C20H32N4/c1-3-4-5-6-7-8-9-10-16-13-17(14-16)24(2)20-18-11-12-21-19(18)22-15-23-20/h11-12,15-17H,3-10,13-14H2,1-2H3,(H,21,22,23). The predicted octanol–water partition coefficient (Wildman–Crippen LogP) is 5.31. The third kappa shape index (κ3) is 4.08. The van der Waals surface area contributed by atoms with E-state index in [1.807, 2.05) is 6.20 Å². The number of aromatic nitrogens is 3. The number of hydrogen-bond donors (Lipinski definition) is 1. The Balaban J connectivity index is 1.37. The highest BCUT2D eigenvalue weighted by atomic mass is 15.2. The molecule has 1 saturated carbocycles. The van der Waals surface area contributed by atoms with Gasteiger partial charge in [0.25, 0.3) is 0 Å². The first-order chi connectivity index (χ1) is 11.8. The van der Waals surface area contributed by atoms with Gasteiger partial charge in [0.2, 0.25) is 0 Å². The summed E-state index contributed by atoms with van der Waals surface area (Å²) >= 11 is 0. The van der Waals surface area contributed by atoms with E-state index in [4.69, 9.17) is 0 Å². The van der Waals surface area contributed by atoms with Gasteiger partial charge in [0, 0.05) is 19.3 Å². The minimum atomic E-state index is 0.646. The van der Waals surface area contributed by atoms with E-state index < -0.39 is 0 Å². The minimum Gasteiger partial charge on any atom is -0.356 e. The van der Waals surface area contributed by atoms with Crippen LogP contribution in [0.3, 0.4) is 0 Å². The predicted molar refractivity (Wildman–Crippen MR) is 101 cm³/mol. The molecule has 0 saturated heterocycles. The third-order valence-corrected chi connectivity index (χ3v) is 5.64. The summed E-state index contributed by atoms with van der Waals surface area (Å²) in [4.78, 5) is 14.3. The Morgan fingerprint density at radius 3 is 2.62 bits per heavy atom. The summed E-state index contributed by atoms with van der Waals surface area (Å²) in [7, 11) is 2.18. The fourth-order valence-corrected chi connectivity index (χ4v) is 3.96. The lowest BCUT2D eigenvalue weighted by molar-refractivity contribution is 0.236. The molecule has 2 aromatic rings.